The number of ether oxygens (including phenoxy) is 1. The number of carbonyl (C=O) groups is 1. The lowest BCUT2D eigenvalue weighted by molar-refractivity contribution is -0.131. The van der Waals surface area contributed by atoms with Gasteiger partial charge in [0, 0.05) is 6.92 Å². The van der Waals surface area contributed by atoms with Crippen LogP contribution in [0.25, 0.3) is 6.08 Å². The zero-order chi connectivity index (χ0) is 13.5. The molecule has 2 aromatic carbocycles. The van der Waals surface area contributed by atoms with Crippen LogP contribution in [0.5, 0.6) is 5.75 Å². The van der Waals surface area contributed by atoms with E-state index in [1.165, 1.54) is 6.92 Å². The van der Waals surface area contributed by atoms with Gasteiger partial charge in [0.05, 0.1) is 0 Å². The number of hydrogen-bond acceptors (Lipinski definition) is 2. The molecule has 0 bridgehead atoms. The molecule has 0 radical (unpaired) electrons. The average molecular weight is 252 g/mol. The summed E-state index contributed by atoms with van der Waals surface area (Å²) in [5.74, 6) is 0.340. The first kappa shape index (κ1) is 13.1. The Bertz CT molecular complexity index is 571. The minimum atomic E-state index is -0.292. The summed E-state index contributed by atoms with van der Waals surface area (Å²) in [5, 5.41) is 0. The molecular weight excluding hydrogens is 236 g/mol. The second-order valence-electron chi connectivity index (χ2n) is 4.22. The van der Waals surface area contributed by atoms with Gasteiger partial charge in [-0.25, -0.2) is 0 Å². The minimum Gasteiger partial charge on any atom is -0.426 e. The normalized spacial score (nSPS) is 10.6. The Morgan fingerprint density at radius 2 is 1.74 bits per heavy atom. The SMILES string of the molecule is CC(=O)Oc1ccccc1CC=Cc1ccccc1. The van der Waals surface area contributed by atoms with Crippen LogP contribution in [0.3, 0.4) is 0 Å². The second-order valence-corrected chi connectivity index (χ2v) is 4.22. The summed E-state index contributed by atoms with van der Waals surface area (Å²) in [7, 11) is 0. The van der Waals surface area contributed by atoms with E-state index in [4.69, 9.17) is 4.74 Å². The molecule has 2 nitrogen and oxygen atoms in total. The number of benzene rings is 2. The quantitative estimate of drug-likeness (QED) is 0.610. The number of para-hydroxylation sites is 1. The highest BCUT2D eigenvalue weighted by Gasteiger charge is 2.03. The van der Waals surface area contributed by atoms with Crippen LogP contribution in [-0.4, -0.2) is 5.97 Å². The van der Waals surface area contributed by atoms with E-state index in [1.54, 1.807) is 0 Å². The van der Waals surface area contributed by atoms with Crippen LogP contribution < -0.4 is 4.74 Å². The summed E-state index contributed by atoms with van der Waals surface area (Å²) in [4.78, 5) is 11.0. The molecule has 19 heavy (non-hydrogen) atoms. The first-order valence-corrected chi connectivity index (χ1v) is 6.23. The summed E-state index contributed by atoms with van der Waals surface area (Å²) in [6.45, 7) is 1.41. The molecule has 2 aromatic rings. The van der Waals surface area contributed by atoms with Gasteiger partial charge >= 0.3 is 5.97 Å². The summed E-state index contributed by atoms with van der Waals surface area (Å²) in [5.41, 5.74) is 2.16. The van der Waals surface area contributed by atoms with Crippen molar-refractivity contribution in [2.24, 2.45) is 0 Å². The fraction of sp³-hybridized carbons (Fsp3) is 0.118. The highest BCUT2D eigenvalue weighted by molar-refractivity contribution is 5.69. The Hall–Kier alpha value is -2.35. The Morgan fingerprint density at radius 3 is 2.47 bits per heavy atom. The van der Waals surface area contributed by atoms with Crippen molar-refractivity contribution in [2.75, 3.05) is 0 Å². The molecule has 0 N–H and O–H groups in total. The van der Waals surface area contributed by atoms with Gasteiger partial charge in [-0.05, 0) is 23.6 Å². The molecule has 0 fully saturated rings. The van der Waals surface area contributed by atoms with Crippen LogP contribution in [-0.2, 0) is 11.2 Å². The third-order valence-corrected chi connectivity index (χ3v) is 2.67. The fourth-order valence-electron chi connectivity index (χ4n) is 1.81. The van der Waals surface area contributed by atoms with Crippen molar-refractivity contribution >= 4 is 12.0 Å². The zero-order valence-electron chi connectivity index (χ0n) is 10.9. The predicted octanol–water partition coefficient (Wildman–Crippen LogP) is 3.87. The van der Waals surface area contributed by atoms with E-state index in [-0.39, 0.29) is 5.97 Å². The van der Waals surface area contributed by atoms with Crippen LogP contribution in [0.15, 0.2) is 60.7 Å². The number of hydrogen-bond donors (Lipinski definition) is 0. The van der Waals surface area contributed by atoms with E-state index < -0.39 is 0 Å². The molecule has 96 valence electrons. The Morgan fingerprint density at radius 1 is 1.05 bits per heavy atom. The van der Waals surface area contributed by atoms with Crippen LogP contribution >= 0.6 is 0 Å². The van der Waals surface area contributed by atoms with Crippen molar-refractivity contribution in [3.8, 4) is 5.75 Å². The largest absolute Gasteiger partial charge is 0.426 e. The summed E-state index contributed by atoms with van der Waals surface area (Å²) in [6.07, 6.45) is 4.86. The van der Waals surface area contributed by atoms with Gasteiger partial charge in [0.2, 0.25) is 0 Å². The van der Waals surface area contributed by atoms with Gasteiger partial charge in [-0.2, -0.15) is 0 Å². The van der Waals surface area contributed by atoms with Gasteiger partial charge in [0.25, 0.3) is 0 Å². The highest BCUT2D eigenvalue weighted by atomic mass is 16.5. The topological polar surface area (TPSA) is 26.3 Å². The van der Waals surface area contributed by atoms with Crippen molar-refractivity contribution in [3.63, 3.8) is 0 Å². The third-order valence-electron chi connectivity index (χ3n) is 2.67. The summed E-state index contributed by atoms with van der Waals surface area (Å²) < 4.78 is 5.18. The Kier molecular flexibility index (Phi) is 4.51. The van der Waals surface area contributed by atoms with Crippen molar-refractivity contribution in [2.45, 2.75) is 13.3 Å². The fourth-order valence-corrected chi connectivity index (χ4v) is 1.81. The third kappa shape index (κ3) is 4.11. The maximum Gasteiger partial charge on any atom is 0.308 e. The first-order valence-electron chi connectivity index (χ1n) is 6.23. The molecule has 2 heteroatoms. The highest BCUT2D eigenvalue weighted by Crippen LogP contribution is 2.19. The minimum absolute atomic E-state index is 0.292. The van der Waals surface area contributed by atoms with E-state index in [9.17, 15) is 4.79 Å². The van der Waals surface area contributed by atoms with Crippen LogP contribution in [0.1, 0.15) is 18.1 Å². The van der Waals surface area contributed by atoms with Crippen molar-refractivity contribution in [1.29, 1.82) is 0 Å². The molecule has 0 saturated heterocycles. The lowest BCUT2D eigenvalue weighted by atomic mass is 10.1. The zero-order valence-corrected chi connectivity index (χ0v) is 10.9. The molecule has 0 atom stereocenters. The van der Waals surface area contributed by atoms with E-state index >= 15 is 0 Å². The Labute approximate surface area is 113 Å². The molecule has 0 amide bonds. The molecule has 0 saturated carbocycles. The molecular formula is C17H16O2. The van der Waals surface area contributed by atoms with Crippen LogP contribution in [0.2, 0.25) is 0 Å². The predicted molar refractivity (Wildman–Crippen MR) is 76.9 cm³/mol. The number of allylic oxidation sites excluding steroid dienone is 1. The summed E-state index contributed by atoms with van der Waals surface area (Å²) in [6, 6.07) is 17.7. The molecule has 0 heterocycles. The standard InChI is InChI=1S/C17H16O2/c1-14(18)19-17-13-6-5-11-16(17)12-7-10-15-8-3-2-4-9-15/h2-11,13H,12H2,1H3. The maximum atomic E-state index is 11.0. The second kappa shape index (κ2) is 6.55. The molecule has 2 rings (SSSR count). The van der Waals surface area contributed by atoms with E-state index in [0.29, 0.717) is 5.75 Å². The average Bonchev–Trinajstić information content (AvgIpc) is 2.41. The van der Waals surface area contributed by atoms with E-state index in [1.807, 2.05) is 42.5 Å². The van der Waals surface area contributed by atoms with Crippen molar-refractivity contribution in [1.82, 2.24) is 0 Å². The van der Waals surface area contributed by atoms with Crippen LogP contribution in [0, 0.1) is 0 Å². The van der Waals surface area contributed by atoms with Gasteiger partial charge in [-0.15, -0.1) is 0 Å². The number of carbonyl (C=O) groups excluding carboxylic acids is 1. The number of rotatable bonds is 4. The molecule has 0 aliphatic carbocycles. The molecule has 0 spiro atoms. The van der Waals surface area contributed by atoms with Gasteiger partial charge in [-0.3, -0.25) is 4.79 Å². The van der Waals surface area contributed by atoms with Crippen molar-refractivity contribution in [3.05, 3.63) is 71.8 Å². The molecule has 0 aliphatic heterocycles. The maximum absolute atomic E-state index is 11.0. The summed E-state index contributed by atoms with van der Waals surface area (Å²) >= 11 is 0. The molecule has 0 aliphatic rings. The van der Waals surface area contributed by atoms with Gasteiger partial charge in [-0.1, -0.05) is 60.7 Å². The van der Waals surface area contributed by atoms with Crippen LogP contribution in [0.4, 0.5) is 0 Å². The molecule has 0 unspecified atom stereocenters. The smallest absolute Gasteiger partial charge is 0.308 e. The first-order chi connectivity index (χ1) is 9.25. The Balaban J connectivity index is 2.07. The van der Waals surface area contributed by atoms with E-state index in [2.05, 4.69) is 24.3 Å². The van der Waals surface area contributed by atoms with Gasteiger partial charge in [0.15, 0.2) is 0 Å². The molecule has 0 aromatic heterocycles. The monoisotopic (exact) mass is 252 g/mol. The van der Waals surface area contributed by atoms with Gasteiger partial charge < -0.3 is 4.74 Å². The lowest BCUT2D eigenvalue weighted by Crippen LogP contribution is -2.03. The van der Waals surface area contributed by atoms with E-state index in [0.717, 1.165) is 17.5 Å². The number of esters is 1. The lowest BCUT2D eigenvalue weighted by Gasteiger charge is -2.06. The van der Waals surface area contributed by atoms with Crippen molar-refractivity contribution < 1.29 is 9.53 Å². The van der Waals surface area contributed by atoms with Gasteiger partial charge in [0.1, 0.15) is 5.75 Å².